The van der Waals surface area contributed by atoms with Crippen molar-refractivity contribution in [1.29, 1.82) is 0 Å². The molecule has 4 fully saturated rings. The summed E-state index contributed by atoms with van der Waals surface area (Å²) in [6, 6.07) is 0. The van der Waals surface area contributed by atoms with Gasteiger partial charge >= 0.3 is 0 Å². The Morgan fingerprint density at radius 2 is 1.78 bits per heavy atom. The van der Waals surface area contributed by atoms with Crippen LogP contribution >= 0.6 is 0 Å². The van der Waals surface area contributed by atoms with Gasteiger partial charge in [0.05, 0.1) is 0 Å². The minimum Gasteiger partial charge on any atom is -0.115 e. The molecular formula is C32H46. The van der Waals surface area contributed by atoms with Crippen molar-refractivity contribution in [1.82, 2.24) is 0 Å². The molecule has 0 aromatic carbocycles. The van der Waals surface area contributed by atoms with E-state index in [2.05, 4.69) is 50.7 Å². The molecule has 0 aliphatic heterocycles. The van der Waals surface area contributed by atoms with Crippen molar-refractivity contribution in [2.75, 3.05) is 0 Å². The lowest BCUT2D eigenvalue weighted by Gasteiger charge is -2.56. The van der Waals surface area contributed by atoms with Crippen molar-refractivity contribution in [2.45, 2.75) is 91.9 Å². The number of rotatable bonds is 3. The molecular weight excluding hydrogens is 384 g/mol. The second-order valence-corrected chi connectivity index (χ2v) is 11.9. The molecule has 0 radical (unpaired) electrons. The molecule has 5 aliphatic carbocycles. The highest BCUT2D eigenvalue weighted by Crippen LogP contribution is 2.59. The highest BCUT2D eigenvalue weighted by atomic mass is 14.6. The summed E-state index contributed by atoms with van der Waals surface area (Å²) in [5, 5.41) is 0. The predicted octanol–water partition coefficient (Wildman–Crippen LogP) is 8.92. The zero-order valence-electron chi connectivity index (χ0n) is 19.9. The minimum atomic E-state index is 0. The van der Waals surface area contributed by atoms with Crippen LogP contribution in [0.4, 0.5) is 0 Å². The van der Waals surface area contributed by atoms with E-state index < -0.39 is 0 Å². The van der Waals surface area contributed by atoms with Gasteiger partial charge in [-0.25, -0.2) is 0 Å². The van der Waals surface area contributed by atoms with E-state index in [1.54, 1.807) is 11.1 Å². The highest BCUT2D eigenvalue weighted by molar-refractivity contribution is 5.45. The van der Waals surface area contributed by atoms with Crippen molar-refractivity contribution in [3.8, 4) is 12.3 Å². The van der Waals surface area contributed by atoms with Crippen LogP contribution in [0, 0.1) is 59.2 Å². The Kier molecular flexibility index (Phi) is 6.96. The van der Waals surface area contributed by atoms with Crippen LogP contribution in [0.5, 0.6) is 0 Å². The summed E-state index contributed by atoms with van der Waals surface area (Å²) in [6.07, 6.45) is 30.6. The van der Waals surface area contributed by atoms with Crippen LogP contribution in [0.2, 0.25) is 0 Å². The minimum absolute atomic E-state index is 0. The molecule has 0 saturated heterocycles. The second-order valence-electron chi connectivity index (χ2n) is 11.9. The van der Waals surface area contributed by atoms with E-state index >= 15 is 0 Å². The third-order valence-electron chi connectivity index (χ3n) is 10.2. The topological polar surface area (TPSA) is 0 Å². The molecule has 0 aromatic rings. The molecule has 0 N–H and O–H groups in total. The van der Waals surface area contributed by atoms with Gasteiger partial charge in [0.25, 0.3) is 0 Å². The van der Waals surface area contributed by atoms with E-state index in [-0.39, 0.29) is 12.8 Å². The van der Waals surface area contributed by atoms with Gasteiger partial charge in [0.1, 0.15) is 0 Å². The van der Waals surface area contributed by atoms with Crippen LogP contribution in [0.3, 0.4) is 0 Å². The second kappa shape index (κ2) is 9.41. The zero-order chi connectivity index (χ0) is 21.6. The Morgan fingerprint density at radius 1 is 1.06 bits per heavy atom. The van der Waals surface area contributed by atoms with Crippen molar-refractivity contribution in [3.63, 3.8) is 0 Å². The zero-order valence-corrected chi connectivity index (χ0v) is 19.9. The van der Waals surface area contributed by atoms with Crippen LogP contribution in [-0.2, 0) is 0 Å². The monoisotopic (exact) mass is 430 g/mol. The molecule has 0 spiro atoms. The average Bonchev–Trinajstić information content (AvgIpc) is 3.17. The highest BCUT2D eigenvalue weighted by Gasteiger charge is 2.50. The summed E-state index contributed by atoms with van der Waals surface area (Å²) in [5.41, 5.74) is 4.43. The SMILES string of the molecule is C.C#CC1=CC(C)(C/C(=C\C)[C@H]2CCC[C@@H]3C2CC[C@H]2C3CCC3CC(=C)CC[C@@H]32)C=C1. The van der Waals surface area contributed by atoms with Crippen LogP contribution in [-0.4, -0.2) is 0 Å². The third-order valence-corrected chi connectivity index (χ3v) is 10.2. The molecule has 0 amide bonds. The first-order valence-electron chi connectivity index (χ1n) is 13.2. The fourth-order valence-corrected chi connectivity index (χ4v) is 8.92. The molecule has 5 aliphatic rings. The molecule has 174 valence electrons. The molecule has 0 heteroatoms. The van der Waals surface area contributed by atoms with Gasteiger partial charge in [0.2, 0.25) is 0 Å². The standard InChI is InChI=1S/C31H42.CH4/c1-5-22-16-17-31(4,19-22)20-23(6-2)25-8-7-9-27-28(25)14-15-29-26-12-10-21(3)18-24(26)11-13-30(27)29;/h1,6,16-17,19,24-30H,3,7-15,18,20H2,2,4H3;1H4/b23-6+;/t24?,25-,26+,27-,28?,29-,30?,31?;/m1./s1. The smallest absolute Gasteiger partial charge is 0.0208 e. The van der Waals surface area contributed by atoms with Gasteiger partial charge in [-0.1, -0.05) is 62.6 Å². The molecule has 32 heavy (non-hydrogen) atoms. The summed E-state index contributed by atoms with van der Waals surface area (Å²) >= 11 is 0. The van der Waals surface area contributed by atoms with E-state index in [1.807, 2.05) is 0 Å². The molecule has 0 bridgehead atoms. The van der Waals surface area contributed by atoms with Gasteiger partial charge < -0.3 is 0 Å². The molecule has 0 nitrogen and oxygen atoms in total. The Hall–Kier alpha value is -1.48. The summed E-state index contributed by atoms with van der Waals surface area (Å²) < 4.78 is 0. The quantitative estimate of drug-likeness (QED) is 0.310. The first kappa shape index (κ1) is 23.7. The van der Waals surface area contributed by atoms with E-state index in [4.69, 9.17) is 6.42 Å². The summed E-state index contributed by atoms with van der Waals surface area (Å²) in [6.45, 7) is 9.00. The first-order chi connectivity index (χ1) is 15.0. The van der Waals surface area contributed by atoms with Crippen LogP contribution in [0.15, 0.2) is 47.6 Å². The molecule has 0 heterocycles. The van der Waals surface area contributed by atoms with Crippen molar-refractivity contribution in [3.05, 3.63) is 47.6 Å². The van der Waals surface area contributed by atoms with E-state index in [0.717, 1.165) is 53.4 Å². The molecule has 4 unspecified atom stereocenters. The number of hydrogen-bond donors (Lipinski definition) is 0. The fourth-order valence-electron chi connectivity index (χ4n) is 8.92. The van der Waals surface area contributed by atoms with Gasteiger partial charge in [-0.3, -0.25) is 0 Å². The summed E-state index contributed by atoms with van der Waals surface area (Å²) in [7, 11) is 0. The average molecular weight is 431 g/mol. The Labute approximate surface area is 198 Å². The van der Waals surface area contributed by atoms with Crippen LogP contribution < -0.4 is 0 Å². The lowest BCUT2D eigenvalue weighted by atomic mass is 9.49. The number of hydrogen-bond acceptors (Lipinski definition) is 0. The van der Waals surface area contributed by atoms with E-state index in [1.165, 1.54) is 64.2 Å². The van der Waals surface area contributed by atoms with Crippen molar-refractivity contribution < 1.29 is 0 Å². The number of allylic oxidation sites excluding steroid dienone is 7. The number of terminal acetylenes is 1. The largest absolute Gasteiger partial charge is 0.115 e. The van der Waals surface area contributed by atoms with Crippen molar-refractivity contribution >= 4 is 0 Å². The summed E-state index contributed by atoms with van der Waals surface area (Å²) in [4.78, 5) is 0. The van der Waals surface area contributed by atoms with E-state index in [9.17, 15) is 0 Å². The predicted molar refractivity (Wildman–Crippen MR) is 139 cm³/mol. The maximum Gasteiger partial charge on any atom is 0.0208 e. The van der Waals surface area contributed by atoms with Gasteiger partial charge in [0, 0.05) is 11.0 Å². The third kappa shape index (κ3) is 4.22. The molecule has 8 atom stereocenters. The maximum atomic E-state index is 5.68. The maximum absolute atomic E-state index is 5.68. The van der Waals surface area contributed by atoms with Crippen LogP contribution in [0.1, 0.15) is 91.9 Å². The van der Waals surface area contributed by atoms with Gasteiger partial charge in [-0.05, 0) is 119 Å². The van der Waals surface area contributed by atoms with Gasteiger partial charge in [-0.2, -0.15) is 0 Å². The van der Waals surface area contributed by atoms with Gasteiger partial charge in [-0.15, -0.1) is 6.42 Å². The first-order valence-corrected chi connectivity index (χ1v) is 13.2. The van der Waals surface area contributed by atoms with E-state index in [0.29, 0.717) is 0 Å². The Bertz CT molecular complexity index is 844. The number of fused-ring (bicyclic) bond motifs is 5. The molecule has 0 aromatic heterocycles. The van der Waals surface area contributed by atoms with Crippen molar-refractivity contribution in [2.24, 2.45) is 46.8 Å². The Balaban J connectivity index is 0.00000245. The van der Waals surface area contributed by atoms with Crippen LogP contribution in [0.25, 0.3) is 0 Å². The normalized spacial score (nSPS) is 43.3. The molecule has 4 saturated carbocycles. The lowest BCUT2D eigenvalue weighted by Crippen LogP contribution is -2.47. The Morgan fingerprint density at radius 3 is 2.53 bits per heavy atom. The summed E-state index contributed by atoms with van der Waals surface area (Å²) in [5.74, 6) is 9.59. The molecule has 5 rings (SSSR count). The fraction of sp³-hybridized carbons (Fsp3) is 0.688. The van der Waals surface area contributed by atoms with Gasteiger partial charge in [0.15, 0.2) is 0 Å². The lowest BCUT2D eigenvalue weighted by molar-refractivity contribution is -0.0483.